The third kappa shape index (κ3) is 2.90. The quantitative estimate of drug-likeness (QED) is 0.436. The molecule has 0 aliphatic carbocycles. The van der Waals surface area contributed by atoms with Crippen molar-refractivity contribution >= 4 is 11.9 Å². The standard InChI is InChI=1S/C17H20O7/c1-5-7-8-9(6-2)14(18)21-12-10-11(20-15(12)19)13-16(22-10)24-17(3,4)23-13/h5-8,10-13,16H,1H2,2-4H3/b8-7-,9-6+. The second-order valence-corrected chi connectivity index (χ2v) is 6.14. The van der Waals surface area contributed by atoms with Crippen molar-refractivity contribution in [2.24, 2.45) is 0 Å². The molecule has 5 unspecified atom stereocenters. The van der Waals surface area contributed by atoms with Gasteiger partial charge in [-0.15, -0.1) is 0 Å². The Balaban J connectivity index is 1.70. The average Bonchev–Trinajstić information content (AvgIpc) is 3.08. The molecule has 0 spiro atoms. The molecule has 0 bridgehead atoms. The lowest BCUT2D eigenvalue weighted by Crippen LogP contribution is -2.37. The van der Waals surface area contributed by atoms with Crippen LogP contribution in [-0.2, 0) is 33.3 Å². The van der Waals surface area contributed by atoms with Gasteiger partial charge < -0.3 is 23.7 Å². The van der Waals surface area contributed by atoms with Crippen LogP contribution in [0.4, 0.5) is 0 Å². The number of carbonyl (C=O) groups is 2. The summed E-state index contributed by atoms with van der Waals surface area (Å²) in [6.07, 6.45) is 2.56. The van der Waals surface area contributed by atoms with Crippen LogP contribution in [-0.4, -0.2) is 48.4 Å². The monoisotopic (exact) mass is 336 g/mol. The van der Waals surface area contributed by atoms with E-state index in [0.717, 1.165) is 0 Å². The Kier molecular flexibility index (Phi) is 4.33. The van der Waals surface area contributed by atoms with E-state index in [9.17, 15) is 9.59 Å². The first-order valence-corrected chi connectivity index (χ1v) is 7.74. The minimum Gasteiger partial charge on any atom is -0.454 e. The minimum atomic E-state index is -1.14. The molecule has 0 radical (unpaired) electrons. The molecule has 3 rings (SSSR count). The van der Waals surface area contributed by atoms with Gasteiger partial charge in [-0.1, -0.05) is 24.8 Å². The van der Waals surface area contributed by atoms with Gasteiger partial charge in [-0.3, -0.25) is 0 Å². The Labute approximate surface area is 139 Å². The first-order valence-electron chi connectivity index (χ1n) is 7.74. The van der Waals surface area contributed by atoms with Gasteiger partial charge in [-0.2, -0.15) is 0 Å². The number of fused-ring (bicyclic) bond motifs is 3. The van der Waals surface area contributed by atoms with Crippen molar-refractivity contribution in [1.82, 2.24) is 0 Å². The molecule has 130 valence electrons. The van der Waals surface area contributed by atoms with Crippen LogP contribution in [0.2, 0.25) is 0 Å². The molecule has 3 saturated heterocycles. The molecular formula is C17H20O7. The third-order valence-electron chi connectivity index (χ3n) is 4.00. The fourth-order valence-corrected chi connectivity index (χ4v) is 2.97. The van der Waals surface area contributed by atoms with E-state index >= 15 is 0 Å². The second-order valence-electron chi connectivity index (χ2n) is 6.14. The van der Waals surface area contributed by atoms with Crippen molar-refractivity contribution in [3.8, 4) is 0 Å². The number of hydrogen-bond acceptors (Lipinski definition) is 7. The normalized spacial score (nSPS) is 37.2. The Morgan fingerprint density at radius 3 is 2.67 bits per heavy atom. The molecule has 7 heteroatoms. The van der Waals surface area contributed by atoms with Crippen molar-refractivity contribution in [3.05, 3.63) is 36.5 Å². The summed E-state index contributed by atoms with van der Waals surface area (Å²) in [5, 5.41) is 0. The predicted molar refractivity (Wildman–Crippen MR) is 81.6 cm³/mol. The molecule has 0 amide bonds. The molecule has 0 saturated carbocycles. The van der Waals surface area contributed by atoms with Crippen molar-refractivity contribution in [2.75, 3.05) is 0 Å². The Hall–Kier alpha value is -1.96. The highest BCUT2D eigenvalue weighted by atomic mass is 16.8. The lowest BCUT2D eigenvalue weighted by Gasteiger charge is -2.21. The van der Waals surface area contributed by atoms with E-state index in [2.05, 4.69) is 6.58 Å². The van der Waals surface area contributed by atoms with Gasteiger partial charge in [0.25, 0.3) is 0 Å². The van der Waals surface area contributed by atoms with Crippen LogP contribution < -0.4 is 0 Å². The van der Waals surface area contributed by atoms with Crippen molar-refractivity contribution in [1.29, 1.82) is 0 Å². The third-order valence-corrected chi connectivity index (χ3v) is 4.00. The minimum absolute atomic E-state index is 0.304. The summed E-state index contributed by atoms with van der Waals surface area (Å²) in [6, 6.07) is 0. The fourth-order valence-electron chi connectivity index (χ4n) is 2.97. The summed E-state index contributed by atoms with van der Waals surface area (Å²) < 4.78 is 27.6. The summed E-state index contributed by atoms with van der Waals surface area (Å²) in [5.41, 5.74) is 0.304. The van der Waals surface area contributed by atoms with Crippen LogP contribution >= 0.6 is 0 Å². The number of allylic oxidation sites excluding steroid dienone is 3. The summed E-state index contributed by atoms with van der Waals surface area (Å²) >= 11 is 0. The van der Waals surface area contributed by atoms with E-state index in [-0.39, 0.29) is 0 Å². The van der Waals surface area contributed by atoms with Gasteiger partial charge in [-0.25, -0.2) is 9.59 Å². The van der Waals surface area contributed by atoms with Gasteiger partial charge >= 0.3 is 11.9 Å². The highest BCUT2D eigenvalue weighted by Gasteiger charge is 2.64. The predicted octanol–water partition coefficient (Wildman–Crippen LogP) is 1.39. The molecule has 5 atom stereocenters. The zero-order valence-electron chi connectivity index (χ0n) is 13.8. The maximum absolute atomic E-state index is 12.2. The lowest BCUT2D eigenvalue weighted by atomic mass is 10.1. The van der Waals surface area contributed by atoms with Crippen molar-refractivity contribution < 1.29 is 33.3 Å². The molecular weight excluding hydrogens is 316 g/mol. The van der Waals surface area contributed by atoms with E-state index in [0.29, 0.717) is 5.57 Å². The molecule has 0 aromatic carbocycles. The maximum atomic E-state index is 12.2. The van der Waals surface area contributed by atoms with E-state index in [4.69, 9.17) is 23.7 Å². The first kappa shape index (κ1) is 16.9. The van der Waals surface area contributed by atoms with E-state index < -0.39 is 48.4 Å². The highest BCUT2D eigenvalue weighted by molar-refractivity contribution is 5.93. The largest absolute Gasteiger partial charge is 0.454 e. The van der Waals surface area contributed by atoms with Crippen LogP contribution in [0.3, 0.4) is 0 Å². The highest BCUT2D eigenvalue weighted by Crippen LogP contribution is 2.43. The maximum Gasteiger partial charge on any atom is 0.350 e. The summed E-state index contributed by atoms with van der Waals surface area (Å²) in [6.45, 7) is 8.74. The van der Waals surface area contributed by atoms with Gasteiger partial charge in [0.1, 0.15) is 6.10 Å². The summed E-state index contributed by atoms with van der Waals surface area (Å²) in [4.78, 5) is 24.3. The molecule has 0 aromatic heterocycles. The number of rotatable bonds is 4. The zero-order valence-corrected chi connectivity index (χ0v) is 13.8. The van der Waals surface area contributed by atoms with E-state index in [1.54, 1.807) is 39.0 Å². The first-order chi connectivity index (χ1) is 11.4. The Bertz CT molecular complexity index is 618. The van der Waals surface area contributed by atoms with Crippen molar-refractivity contribution in [3.63, 3.8) is 0 Å². The number of carbonyl (C=O) groups excluding carboxylic acids is 2. The fraction of sp³-hybridized carbons (Fsp3) is 0.529. The zero-order chi connectivity index (χ0) is 17.5. The molecule has 7 nitrogen and oxygen atoms in total. The van der Waals surface area contributed by atoms with Gasteiger partial charge in [0.05, 0.1) is 5.57 Å². The summed E-state index contributed by atoms with van der Waals surface area (Å²) in [7, 11) is 0. The molecule has 3 fully saturated rings. The molecule has 0 aromatic rings. The van der Waals surface area contributed by atoms with Gasteiger partial charge in [0.2, 0.25) is 6.10 Å². The van der Waals surface area contributed by atoms with Gasteiger partial charge in [0, 0.05) is 0 Å². The van der Waals surface area contributed by atoms with E-state index in [1.807, 2.05) is 0 Å². The summed E-state index contributed by atoms with van der Waals surface area (Å²) in [5.74, 6) is -2.09. The van der Waals surface area contributed by atoms with Gasteiger partial charge in [0.15, 0.2) is 24.3 Å². The van der Waals surface area contributed by atoms with Crippen LogP contribution in [0.5, 0.6) is 0 Å². The topological polar surface area (TPSA) is 80.3 Å². The number of hydrogen-bond donors (Lipinski definition) is 0. The molecule has 3 aliphatic heterocycles. The van der Waals surface area contributed by atoms with Crippen LogP contribution in [0.1, 0.15) is 20.8 Å². The van der Waals surface area contributed by atoms with Crippen LogP contribution in [0, 0.1) is 0 Å². The molecule has 3 aliphatic rings. The Morgan fingerprint density at radius 2 is 2.00 bits per heavy atom. The van der Waals surface area contributed by atoms with Crippen LogP contribution in [0.25, 0.3) is 0 Å². The average molecular weight is 336 g/mol. The molecule has 24 heavy (non-hydrogen) atoms. The van der Waals surface area contributed by atoms with E-state index in [1.165, 1.54) is 6.08 Å². The molecule has 3 heterocycles. The number of esters is 2. The van der Waals surface area contributed by atoms with Crippen molar-refractivity contribution in [2.45, 2.75) is 57.3 Å². The SMILES string of the molecule is C=C/C=C\C(=C/C)C(=O)OC1C(=O)OC2C3OC(C)(C)OC3OC12. The number of ether oxygens (including phenoxy) is 5. The van der Waals surface area contributed by atoms with Crippen LogP contribution in [0.15, 0.2) is 36.5 Å². The van der Waals surface area contributed by atoms with Gasteiger partial charge in [-0.05, 0) is 26.8 Å². The smallest absolute Gasteiger partial charge is 0.350 e. The lowest BCUT2D eigenvalue weighted by molar-refractivity contribution is -0.216. The second kappa shape index (κ2) is 6.16. The Morgan fingerprint density at radius 1 is 1.25 bits per heavy atom. The molecule has 0 N–H and O–H groups in total.